The molecule has 1 amide bonds. The first-order chi connectivity index (χ1) is 9.24. The van der Waals surface area contributed by atoms with Crippen LogP contribution >= 0.6 is 11.3 Å². The van der Waals surface area contributed by atoms with E-state index in [0.29, 0.717) is 17.1 Å². The number of aromatic nitrogens is 1. The van der Waals surface area contributed by atoms with Gasteiger partial charge in [-0.3, -0.25) is 4.79 Å². The predicted octanol–water partition coefficient (Wildman–Crippen LogP) is 3.19. The van der Waals surface area contributed by atoms with Gasteiger partial charge in [-0.1, -0.05) is 26.2 Å². The lowest BCUT2D eigenvalue weighted by Gasteiger charge is -2.03. The molecular weight excluding hydrogens is 258 g/mol. The summed E-state index contributed by atoms with van der Waals surface area (Å²) in [6, 6.07) is 3.73. The second kappa shape index (κ2) is 6.52. The highest BCUT2D eigenvalue weighted by atomic mass is 32.1. The fraction of sp³-hybridized carbons (Fsp3) is 0.429. The van der Waals surface area contributed by atoms with Crippen molar-refractivity contribution in [3.05, 3.63) is 23.2 Å². The molecule has 2 heterocycles. The van der Waals surface area contributed by atoms with Crippen molar-refractivity contribution >= 4 is 33.1 Å². The Labute approximate surface area is 117 Å². The lowest BCUT2D eigenvalue weighted by Crippen LogP contribution is -2.24. The van der Waals surface area contributed by atoms with Crippen LogP contribution in [0.1, 0.15) is 42.3 Å². The average molecular weight is 277 g/mol. The summed E-state index contributed by atoms with van der Waals surface area (Å²) >= 11 is 1.35. The molecule has 2 aromatic heterocycles. The Morgan fingerprint density at radius 1 is 1.42 bits per heavy atom. The van der Waals surface area contributed by atoms with Crippen LogP contribution in [0.2, 0.25) is 0 Å². The molecule has 0 bridgehead atoms. The van der Waals surface area contributed by atoms with Crippen molar-refractivity contribution in [3.8, 4) is 0 Å². The van der Waals surface area contributed by atoms with E-state index < -0.39 is 0 Å². The number of nitrogen functional groups attached to an aromatic ring is 1. The van der Waals surface area contributed by atoms with Gasteiger partial charge in [-0.15, -0.1) is 11.3 Å². The number of nitrogens with two attached hydrogens (primary N) is 1. The minimum absolute atomic E-state index is 0.0861. The van der Waals surface area contributed by atoms with Gasteiger partial charge in [0.15, 0.2) is 0 Å². The van der Waals surface area contributed by atoms with Crippen LogP contribution in [-0.2, 0) is 0 Å². The predicted molar refractivity (Wildman–Crippen MR) is 80.5 cm³/mol. The van der Waals surface area contributed by atoms with Crippen LogP contribution in [0.15, 0.2) is 18.3 Å². The van der Waals surface area contributed by atoms with Gasteiger partial charge in [-0.05, 0) is 18.6 Å². The van der Waals surface area contributed by atoms with Crippen molar-refractivity contribution in [2.75, 3.05) is 12.3 Å². The van der Waals surface area contributed by atoms with Gasteiger partial charge in [-0.25, -0.2) is 4.98 Å². The molecule has 5 heteroatoms. The highest BCUT2D eigenvalue weighted by Gasteiger charge is 2.16. The van der Waals surface area contributed by atoms with Crippen LogP contribution in [0.5, 0.6) is 0 Å². The van der Waals surface area contributed by atoms with E-state index in [2.05, 4.69) is 17.2 Å². The maximum atomic E-state index is 12.1. The molecule has 0 aliphatic carbocycles. The lowest BCUT2D eigenvalue weighted by atomic mass is 10.2. The van der Waals surface area contributed by atoms with Crippen molar-refractivity contribution in [2.24, 2.45) is 0 Å². The molecular formula is C14H19N3OS. The van der Waals surface area contributed by atoms with E-state index in [1.54, 1.807) is 6.20 Å². The Morgan fingerprint density at radius 2 is 2.26 bits per heavy atom. The molecule has 2 aromatic rings. The number of carbonyl (C=O) groups is 1. The quantitative estimate of drug-likeness (QED) is 0.797. The molecule has 0 atom stereocenters. The number of nitrogens with zero attached hydrogens (tertiary/aromatic N) is 1. The number of unbranched alkanes of at least 4 members (excludes halogenated alkanes) is 3. The molecule has 0 unspecified atom stereocenters. The number of pyridine rings is 1. The van der Waals surface area contributed by atoms with Gasteiger partial charge in [0.05, 0.1) is 5.69 Å². The third-order valence-electron chi connectivity index (χ3n) is 3.03. The molecule has 0 radical (unpaired) electrons. The number of carbonyl (C=O) groups excluding carboxylic acids is 1. The zero-order chi connectivity index (χ0) is 13.7. The normalized spacial score (nSPS) is 10.8. The molecule has 0 aromatic carbocycles. The first-order valence-electron chi connectivity index (χ1n) is 6.65. The lowest BCUT2D eigenvalue weighted by molar-refractivity contribution is 0.0958. The maximum absolute atomic E-state index is 12.1. The summed E-state index contributed by atoms with van der Waals surface area (Å²) in [6.45, 7) is 2.88. The van der Waals surface area contributed by atoms with Gasteiger partial charge >= 0.3 is 0 Å². The smallest absolute Gasteiger partial charge is 0.263 e. The molecule has 0 aliphatic heterocycles. The Bertz CT molecular complexity index is 565. The summed E-state index contributed by atoms with van der Waals surface area (Å²) in [7, 11) is 0. The number of hydrogen-bond donors (Lipinski definition) is 2. The fourth-order valence-electron chi connectivity index (χ4n) is 1.95. The number of fused-ring (bicyclic) bond motifs is 1. The SMILES string of the molecule is CCCCCCNC(=O)c1sc2ncccc2c1N. The summed E-state index contributed by atoms with van der Waals surface area (Å²) in [6.07, 6.45) is 6.29. The minimum Gasteiger partial charge on any atom is -0.397 e. The van der Waals surface area contributed by atoms with Gasteiger partial charge in [0, 0.05) is 18.1 Å². The third-order valence-corrected chi connectivity index (χ3v) is 4.15. The molecule has 0 saturated carbocycles. The standard InChI is InChI=1S/C14H19N3OS/c1-2-3-4-5-8-16-13(18)12-11(15)10-7-6-9-17-14(10)19-12/h6-7,9H,2-5,8,15H2,1H3,(H,16,18). The first-order valence-corrected chi connectivity index (χ1v) is 7.47. The van der Waals surface area contributed by atoms with E-state index in [4.69, 9.17) is 5.73 Å². The van der Waals surface area contributed by atoms with E-state index in [1.165, 1.54) is 24.2 Å². The largest absolute Gasteiger partial charge is 0.397 e. The van der Waals surface area contributed by atoms with Crippen LogP contribution in [0.3, 0.4) is 0 Å². The summed E-state index contributed by atoms with van der Waals surface area (Å²) in [5.74, 6) is -0.0861. The van der Waals surface area contributed by atoms with Gasteiger partial charge in [0.1, 0.15) is 9.71 Å². The van der Waals surface area contributed by atoms with Crippen molar-refractivity contribution in [2.45, 2.75) is 32.6 Å². The van der Waals surface area contributed by atoms with Crippen molar-refractivity contribution < 1.29 is 4.79 Å². The molecule has 0 spiro atoms. The summed E-state index contributed by atoms with van der Waals surface area (Å²) in [5, 5.41) is 3.79. The van der Waals surface area contributed by atoms with Crippen LogP contribution in [0.4, 0.5) is 5.69 Å². The monoisotopic (exact) mass is 277 g/mol. The number of rotatable bonds is 6. The van der Waals surface area contributed by atoms with E-state index in [-0.39, 0.29) is 5.91 Å². The number of anilines is 1. The summed E-state index contributed by atoms with van der Waals surface area (Å²) in [4.78, 5) is 17.7. The van der Waals surface area contributed by atoms with Crippen molar-refractivity contribution in [3.63, 3.8) is 0 Å². The van der Waals surface area contributed by atoms with Crippen LogP contribution < -0.4 is 11.1 Å². The van der Waals surface area contributed by atoms with Crippen molar-refractivity contribution in [1.29, 1.82) is 0 Å². The molecule has 3 N–H and O–H groups in total. The fourth-order valence-corrected chi connectivity index (χ4v) is 2.93. The Kier molecular flexibility index (Phi) is 4.74. The minimum atomic E-state index is -0.0861. The first kappa shape index (κ1) is 13.8. The van der Waals surface area contributed by atoms with E-state index in [9.17, 15) is 4.79 Å². The Hall–Kier alpha value is -1.62. The molecule has 0 aliphatic rings. The van der Waals surface area contributed by atoms with Gasteiger partial charge < -0.3 is 11.1 Å². The molecule has 102 valence electrons. The van der Waals surface area contributed by atoms with Crippen LogP contribution in [-0.4, -0.2) is 17.4 Å². The number of amides is 1. The average Bonchev–Trinajstić information content (AvgIpc) is 2.76. The van der Waals surface area contributed by atoms with Gasteiger partial charge in [0.2, 0.25) is 0 Å². The second-order valence-electron chi connectivity index (χ2n) is 4.52. The summed E-state index contributed by atoms with van der Waals surface area (Å²) in [5.41, 5.74) is 6.54. The molecule has 0 saturated heterocycles. The number of nitrogens with one attached hydrogen (secondary N) is 1. The maximum Gasteiger partial charge on any atom is 0.263 e. The van der Waals surface area contributed by atoms with Crippen LogP contribution in [0, 0.1) is 0 Å². The van der Waals surface area contributed by atoms with Crippen molar-refractivity contribution in [1.82, 2.24) is 10.3 Å². The van der Waals surface area contributed by atoms with Gasteiger partial charge in [0.25, 0.3) is 5.91 Å². The van der Waals surface area contributed by atoms with Gasteiger partial charge in [-0.2, -0.15) is 0 Å². The highest BCUT2D eigenvalue weighted by Crippen LogP contribution is 2.31. The van der Waals surface area contributed by atoms with Crippen LogP contribution in [0.25, 0.3) is 10.2 Å². The number of thiophene rings is 1. The summed E-state index contributed by atoms with van der Waals surface area (Å²) < 4.78 is 0. The third kappa shape index (κ3) is 3.23. The second-order valence-corrected chi connectivity index (χ2v) is 5.52. The molecule has 2 rings (SSSR count). The molecule has 4 nitrogen and oxygen atoms in total. The van der Waals surface area contributed by atoms with E-state index in [1.807, 2.05) is 12.1 Å². The Morgan fingerprint density at radius 3 is 3.00 bits per heavy atom. The number of hydrogen-bond acceptors (Lipinski definition) is 4. The molecule has 0 fully saturated rings. The zero-order valence-electron chi connectivity index (χ0n) is 11.1. The van der Waals surface area contributed by atoms with E-state index in [0.717, 1.165) is 23.1 Å². The topological polar surface area (TPSA) is 68.0 Å². The Balaban J connectivity index is 1.99. The zero-order valence-corrected chi connectivity index (χ0v) is 11.9. The highest BCUT2D eigenvalue weighted by molar-refractivity contribution is 7.21. The molecule has 19 heavy (non-hydrogen) atoms. The van der Waals surface area contributed by atoms with E-state index >= 15 is 0 Å².